The van der Waals surface area contributed by atoms with E-state index in [-0.39, 0.29) is 0 Å². The Labute approximate surface area is 132 Å². The lowest BCUT2D eigenvalue weighted by Crippen LogP contribution is -2.27. The third-order valence-electron chi connectivity index (χ3n) is 4.68. The Morgan fingerprint density at radius 1 is 0.714 bits per heavy atom. The standard InChI is InChI=1S/C19H38O2/c1-4-6-8-10-12-14-16-19(3,18(20)21)17-15-13-11-9-7-5-2/h4-17H2,1-3H3,(H,20,21). The minimum absolute atomic E-state index is 0.491. The number of carboxylic acids is 1. The lowest BCUT2D eigenvalue weighted by molar-refractivity contribution is -0.149. The van der Waals surface area contributed by atoms with Gasteiger partial charge in [0.05, 0.1) is 5.41 Å². The van der Waals surface area contributed by atoms with Crippen molar-refractivity contribution in [3.63, 3.8) is 0 Å². The molecule has 2 nitrogen and oxygen atoms in total. The van der Waals surface area contributed by atoms with E-state index in [2.05, 4.69) is 13.8 Å². The van der Waals surface area contributed by atoms with Crippen LogP contribution in [0.4, 0.5) is 0 Å². The van der Waals surface area contributed by atoms with Gasteiger partial charge in [0, 0.05) is 0 Å². The molecule has 0 aromatic rings. The second kappa shape index (κ2) is 13.2. The predicted octanol–water partition coefficient (Wildman–Crippen LogP) is 6.58. The third-order valence-corrected chi connectivity index (χ3v) is 4.68. The number of rotatable bonds is 15. The highest BCUT2D eigenvalue weighted by molar-refractivity contribution is 5.74. The van der Waals surface area contributed by atoms with Gasteiger partial charge in [-0.05, 0) is 19.8 Å². The van der Waals surface area contributed by atoms with Gasteiger partial charge in [0.25, 0.3) is 0 Å². The van der Waals surface area contributed by atoms with Crippen LogP contribution in [0.2, 0.25) is 0 Å². The molecule has 0 aromatic carbocycles. The molecule has 0 saturated carbocycles. The van der Waals surface area contributed by atoms with Gasteiger partial charge >= 0.3 is 5.97 Å². The fourth-order valence-corrected chi connectivity index (χ4v) is 2.93. The zero-order valence-electron chi connectivity index (χ0n) is 14.8. The predicted molar refractivity (Wildman–Crippen MR) is 91.7 cm³/mol. The van der Waals surface area contributed by atoms with Gasteiger partial charge in [-0.25, -0.2) is 0 Å². The van der Waals surface area contributed by atoms with Crippen LogP contribution in [0, 0.1) is 5.41 Å². The van der Waals surface area contributed by atoms with E-state index in [0.29, 0.717) is 0 Å². The van der Waals surface area contributed by atoms with Gasteiger partial charge in [-0.2, -0.15) is 0 Å². The Hall–Kier alpha value is -0.530. The van der Waals surface area contributed by atoms with Gasteiger partial charge in [0.2, 0.25) is 0 Å². The van der Waals surface area contributed by atoms with Gasteiger partial charge in [-0.15, -0.1) is 0 Å². The number of carboxylic acid groups (broad SMARTS) is 1. The topological polar surface area (TPSA) is 37.3 Å². The van der Waals surface area contributed by atoms with Crippen LogP contribution in [0.25, 0.3) is 0 Å². The Bertz CT molecular complexity index is 232. The van der Waals surface area contributed by atoms with E-state index in [1.54, 1.807) is 0 Å². The molecule has 0 unspecified atom stereocenters. The summed E-state index contributed by atoms with van der Waals surface area (Å²) in [6, 6.07) is 0. The summed E-state index contributed by atoms with van der Waals surface area (Å²) < 4.78 is 0. The molecular weight excluding hydrogens is 260 g/mol. The highest BCUT2D eigenvalue weighted by Crippen LogP contribution is 2.31. The molecule has 0 heterocycles. The van der Waals surface area contributed by atoms with Crippen LogP contribution in [0.3, 0.4) is 0 Å². The van der Waals surface area contributed by atoms with Crippen LogP contribution < -0.4 is 0 Å². The van der Waals surface area contributed by atoms with E-state index < -0.39 is 11.4 Å². The quantitative estimate of drug-likeness (QED) is 0.347. The van der Waals surface area contributed by atoms with E-state index in [1.807, 2.05) is 6.92 Å². The molecule has 0 atom stereocenters. The van der Waals surface area contributed by atoms with Crippen LogP contribution in [0.15, 0.2) is 0 Å². The van der Waals surface area contributed by atoms with Crippen molar-refractivity contribution in [2.75, 3.05) is 0 Å². The minimum atomic E-state index is -0.593. The summed E-state index contributed by atoms with van der Waals surface area (Å²) in [5, 5.41) is 9.51. The average molecular weight is 299 g/mol. The molecule has 2 heteroatoms. The SMILES string of the molecule is CCCCCCCCC(C)(CCCCCCCC)C(=O)O. The van der Waals surface area contributed by atoms with Gasteiger partial charge in [0.15, 0.2) is 0 Å². The Kier molecular flexibility index (Phi) is 12.8. The number of aliphatic carboxylic acids is 1. The zero-order valence-corrected chi connectivity index (χ0v) is 14.8. The maximum Gasteiger partial charge on any atom is 0.309 e. The normalized spacial score (nSPS) is 11.8. The molecule has 126 valence electrons. The summed E-state index contributed by atoms with van der Waals surface area (Å²) in [6.45, 7) is 6.40. The maximum absolute atomic E-state index is 11.6. The van der Waals surface area contributed by atoms with E-state index in [9.17, 15) is 9.90 Å². The number of hydrogen-bond acceptors (Lipinski definition) is 1. The maximum atomic E-state index is 11.6. The summed E-state index contributed by atoms with van der Waals surface area (Å²) in [5.41, 5.74) is -0.491. The van der Waals surface area contributed by atoms with Gasteiger partial charge in [0.1, 0.15) is 0 Å². The van der Waals surface area contributed by atoms with E-state index in [4.69, 9.17) is 0 Å². The second-order valence-electron chi connectivity index (χ2n) is 6.90. The molecule has 0 bridgehead atoms. The van der Waals surface area contributed by atoms with Crippen molar-refractivity contribution >= 4 is 5.97 Å². The lowest BCUT2D eigenvalue weighted by atomic mass is 9.80. The van der Waals surface area contributed by atoms with Gasteiger partial charge in [-0.1, -0.05) is 90.9 Å². The molecule has 0 radical (unpaired) electrons. The van der Waals surface area contributed by atoms with E-state index in [0.717, 1.165) is 25.7 Å². The van der Waals surface area contributed by atoms with Crippen LogP contribution in [0.5, 0.6) is 0 Å². The van der Waals surface area contributed by atoms with Gasteiger partial charge in [-0.3, -0.25) is 4.79 Å². The molecule has 21 heavy (non-hydrogen) atoms. The summed E-state index contributed by atoms with van der Waals surface area (Å²) in [5.74, 6) is -0.593. The first-order valence-corrected chi connectivity index (χ1v) is 9.30. The first-order chi connectivity index (χ1) is 10.1. The zero-order chi connectivity index (χ0) is 16.0. The number of hydrogen-bond donors (Lipinski definition) is 1. The fraction of sp³-hybridized carbons (Fsp3) is 0.947. The molecule has 0 aliphatic carbocycles. The number of carbonyl (C=O) groups is 1. The molecular formula is C19H38O2. The Morgan fingerprint density at radius 3 is 1.38 bits per heavy atom. The largest absolute Gasteiger partial charge is 0.481 e. The molecule has 0 fully saturated rings. The summed E-state index contributed by atoms with van der Waals surface area (Å²) in [4.78, 5) is 11.6. The molecule has 0 rings (SSSR count). The van der Waals surface area contributed by atoms with Crippen LogP contribution >= 0.6 is 0 Å². The Balaban J connectivity index is 3.82. The second-order valence-corrected chi connectivity index (χ2v) is 6.90. The van der Waals surface area contributed by atoms with Gasteiger partial charge < -0.3 is 5.11 Å². The molecule has 0 amide bonds. The molecule has 0 aromatic heterocycles. The van der Waals surface area contributed by atoms with Crippen molar-refractivity contribution in [1.29, 1.82) is 0 Å². The molecule has 0 aliphatic heterocycles. The lowest BCUT2D eigenvalue weighted by Gasteiger charge is -2.24. The first-order valence-electron chi connectivity index (χ1n) is 9.30. The van der Waals surface area contributed by atoms with Crippen LogP contribution in [-0.2, 0) is 4.79 Å². The van der Waals surface area contributed by atoms with E-state index >= 15 is 0 Å². The minimum Gasteiger partial charge on any atom is -0.481 e. The van der Waals surface area contributed by atoms with Crippen molar-refractivity contribution in [2.24, 2.45) is 5.41 Å². The average Bonchev–Trinajstić information content (AvgIpc) is 2.46. The van der Waals surface area contributed by atoms with Crippen LogP contribution in [-0.4, -0.2) is 11.1 Å². The third kappa shape index (κ3) is 10.8. The highest BCUT2D eigenvalue weighted by Gasteiger charge is 2.31. The molecule has 1 N–H and O–H groups in total. The van der Waals surface area contributed by atoms with Crippen LogP contribution in [0.1, 0.15) is 111 Å². The first kappa shape index (κ1) is 20.5. The number of unbranched alkanes of at least 4 members (excludes halogenated alkanes) is 10. The summed E-state index contributed by atoms with van der Waals surface area (Å²) >= 11 is 0. The van der Waals surface area contributed by atoms with Crippen molar-refractivity contribution in [1.82, 2.24) is 0 Å². The van der Waals surface area contributed by atoms with Crippen molar-refractivity contribution < 1.29 is 9.90 Å². The van der Waals surface area contributed by atoms with E-state index in [1.165, 1.54) is 64.2 Å². The van der Waals surface area contributed by atoms with Crippen molar-refractivity contribution in [3.8, 4) is 0 Å². The highest BCUT2D eigenvalue weighted by atomic mass is 16.4. The monoisotopic (exact) mass is 298 g/mol. The molecule has 0 spiro atoms. The van der Waals surface area contributed by atoms with Crippen molar-refractivity contribution in [3.05, 3.63) is 0 Å². The smallest absolute Gasteiger partial charge is 0.309 e. The Morgan fingerprint density at radius 2 is 1.05 bits per heavy atom. The summed E-state index contributed by atoms with van der Waals surface area (Å²) in [7, 11) is 0. The summed E-state index contributed by atoms with van der Waals surface area (Å²) in [6.07, 6.45) is 16.5. The molecule has 0 aliphatic rings. The molecule has 0 saturated heterocycles. The van der Waals surface area contributed by atoms with Crippen molar-refractivity contribution in [2.45, 2.75) is 111 Å². The fourth-order valence-electron chi connectivity index (χ4n) is 2.93.